The Bertz CT molecular complexity index is 1800. The molecule has 4 aromatic rings. The molecule has 3 fully saturated rings. The molecule has 0 spiro atoms. The first-order valence-electron chi connectivity index (χ1n) is 15.8. The molecule has 5 heterocycles. The van der Waals surface area contributed by atoms with E-state index in [2.05, 4.69) is 59.1 Å². The van der Waals surface area contributed by atoms with Crippen LogP contribution in [0.3, 0.4) is 0 Å². The molecule has 13 nitrogen and oxygen atoms in total. The number of halogens is 2. The fourth-order valence-corrected chi connectivity index (χ4v) is 6.29. The molecule has 1 amide bonds. The average Bonchev–Trinajstić information content (AvgIpc) is 3.61. The van der Waals surface area contributed by atoms with Crippen molar-refractivity contribution in [1.29, 1.82) is 5.26 Å². The molecule has 0 saturated carbocycles. The summed E-state index contributed by atoms with van der Waals surface area (Å²) in [5.41, 5.74) is 2.63. The molecule has 3 saturated heterocycles. The lowest BCUT2D eigenvalue weighted by Gasteiger charge is -2.46. The van der Waals surface area contributed by atoms with Gasteiger partial charge in [0, 0.05) is 55.6 Å². The summed E-state index contributed by atoms with van der Waals surface area (Å²) in [5.74, 6) is -3.28. The van der Waals surface area contributed by atoms with E-state index in [1.807, 2.05) is 18.2 Å². The third-order valence-corrected chi connectivity index (χ3v) is 9.00. The minimum Gasteiger partial charge on any atom is -0.483 e. The van der Waals surface area contributed by atoms with Gasteiger partial charge in [-0.1, -0.05) is 0 Å². The molecule has 48 heavy (non-hydrogen) atoms. The topological polar surface area (TPSA) is 148 Å². The summed E-state index contributed by atoms with van der Waals surface area (Å²) >= 11 is 0. The normalized spacial score (nSPS) is 21.3. The predicted octanol–water partition coefficient (Wildman–Crippen LogP) is 3.72. The number of alkyl halides is 2. The molecule has 2 aromatic carbocycles. The number of amides is 1. The van der Waals surface area contributed by atoms with Crippen molar-refractivity contribution in [3.8, 4) is 23.2 Å². The summed E-state index contributed by atoms with van der Waals surface area (Å²) in [6.45, 7) is 6.10. The van der Waals surface area contributed by atoms with Gasteiger partial charge in [-0.05, 0) is 49.4 Å². The van der Waals surface area contributed by atoms with Crippen molar-refractivity contribution in [2.45, 2.75) is 37.5 Å². The van der Waals surface area contributed by atoms with E-state index in [9.17, 15) is 10.1 Å². The van der Waals surface area contributed by atoms with Crippen LogP contribution in [-0.2, 0) is 4.74 Å². The van der Waals surface area contributed by atoms with Gasteiger partial charge in [-0.3, -0.25) is 9.69 Å². The van der Waals surface area contributed by atoms with Crippen LogP contribution in [0.4, 0.5) is 26.1 Å². The van der Waals surface area contributed by atoms with E-state index in [4.69, 9.17) is 9.47 Å². The molecule has 15 heteroatoms. The summed E-state index contributed by atoms with van der Waals surface area (Å²) in [5, 5.41) is 13.1. The highest BCUT2D eigenvalue weighted by atomic mass is 19.3. The molecule has 2 unspecified atom stereocenters. The highest BCUT2D eigenvalue weighted by Crippen LogP contribution is 2.34. The molecule has 2 aromatic heterocycles. The maximum Gasteiger partial charge on any atom is 0.301 e. The van der Waals surface area contributed by atoms with E-state index in [1.165, 1.54) is 31.0 Å². The summed E-state index contributed by atoms with van der Waals surface area (Å²) in [6.07, 6.45) is 2.34. The van der Waals surface area contributed by atoms with Crippen LogP contribution in [0.2, 0.25) is 0 Å². The molecule has 3 aliphatic rings. The van der Waals surface area contributed by atoms with Gasteiger partial charge < -0.3 is 29.6 Å². The molecule has 0 bridgehead atoms. The van der Waals surface area contributed by atoms with Crippen molar-refractivity contribution >= 4 is 23.2 Å². The monoisotopic (exact) mass is 656 g/mol. The second-order valence-electron chi connectivity index (χ2n) is 12.2. The van der Waals surface area contributed by atoms with Crippen molar-refractivity contribution in [1.82, 2.24) is 34.7 Å². The van der Waals surface area contributed by atoms with Gasteiger partial charge >= 0.3 is 5.92 Å². The quantitative estimate of drug-likeness (QED) is 0.286. The highest BCUT2D eigenvalue weighted by Gasteiger charge is 2.48. The molecule has 2 atom stereocenters. The number of piperazine rings is 1. The maximum absolute atomic E-state index is 15.1. The highest BCUT2D eigenvalue weighted by molar-refractivity contribution is 5.92. The summed E-state index contributed by atoms with van der Waals surface area (Å²) in [4.78, 5) is 38.0. The molecule has 248 valence electrons. The smallest absolute Gasteiger partial charge is 0.301 e. The number of carbonyl (C=O) groups is 1. The van der Waals surface area contributed by atoms with Crippen LogP contribution in [0.15, 0.2) is 61.3 Å². The molecule has 2 N–H and O–H groups in total. The van der Waals surface area contributed by atoms with E-state index in [0.717, 1.165) is 49.1 Å². The van der Waals surface area contributed by atoms with Crippen LogP contribution in [0.5, 0.6) is 5.75 Å². The van der Waals surface area contributed by atoms with Gasteiger partial charge in [0.25, 0.3) is 5.91 Å². The maximum atomic E-state index is 15.1. The molecular formula is C33H34F2N10O3. The number of nitrogens with one attached hydrogen (secondary N) is 2. The first kappa shape index (κ1) is 31.4. The summed E-state index contributed by atoms with van der Waals surface area (Å²) in [6, 6.07) is 15.6. The largest absolute Gasteiger partial charge is 0.483 e. The van der Waals surface area contributed by atoms with E-state index in [0.29, 0.717) is 29.4 Å². The number of carbonyl (C=O) groups excluding carboxylic acids is 1. The SMILES string of the molecule is CC1CN(C2COC2)CCN1c1ccc(Nc2ncnc(-c3ccc(OC4CCN(C(=O)c5cnc[nH]5)CC4(F)F)c(C#N)c3)n2)cc1. The Morgan fingerprint density at radius 1 is 1.15 bits per heavy atom. The van der Waals surface area contributed by atoms with E-state index < -0.39 is 24.5 Å². The zero-order valence-corrected chi connectivity index (χ0v) is 26.2. The summed E-state index contributed by atoms with van der Waals surface area (Å²) < 4.78 is 41.3. The standard InChI is InChI=1S/C33H34F2N10O3/c1-21-15-43(26-16-47-17-26)10-11-45(21)25-5-3-24(4-6-25)41-32-40-20-39-30(42-32)22-2-7-28(23(12-22)13-36)48-29-8-9-44(18-33(29,34)35)31(46)27-14-37-19-38-27/h2-7,12,14,19-21,26,29H,8-11,15-18H2,1H3,(H,37,38)(H,39,40,41,42). The Balaban J connectivity index is 0.990. The minimum atomic E-state index is -3.34. The Morgan fingerprint density at radius 2 is 1.98 bits per heavy atom. The van der Waals surface area contributed by atoms with E-state index >= 15 is 8.78 Å². The van der Waals surface area contributed by atoms with Crippen molar-refractivity contribution < 1.29 is 23.0 Å². The number of hydrogen-bond acceptors (Lipinski definition) is 11. The Kier molecular flexibility index (Phi) is 8.59. The first-order chi connectivity index (χ1) is 23.3. The molecule has 3 aliphatic heterocycles. The number of anilines is 3. The first-order valence-corrected chi connectivity index (χ1v) is 15.8. The predicted molar refractivity (Wildman–Crippen MR) is 171 cm³/mol. The number of piperidine rings is 1. The van der Waals surface area contributed by atoms with Gasteiger partial charge in [-0.2, -0.15) is 10.2 Å². The lowest BCUT2D eigenvalue weighted by molar-refractivity contribution is -0.132. The number of nitrogens with zero attached hydrogens (tertiary/aromatic N) is 8. The molecule has 0 aliphatic carbocycles. The number of nitriles is 1. The number of likely N-dealkylation sites (tertiary alicyclic amines) is 1. The van der Waals surface area contributed by atoms with Crippen LogP contribution in [0.25, 0.3) is 11.4 Å². The minimum absolute atomic E-state index is 0.0135. The Labute approximate surface area is 275 Å². The zero-order chi connectivity index (χ0) is 33.3. The number of H-pyrrole nitrogens is 1. The number of rotatable bonds is 8. The van der Waals surface area contributed by atoms with Crippen molar-refractivity contribution in [3.05, 3.63) is 72.6 Å². The number of benzene rings is 2. The zero-order valence-electron chi connectivity index (χ0n) is 26.2. The second kappa shape index (κ2) is 13.1. The van der Waals surface area contributed by atoms with Gasteiger partial charge in [0.1, 0.15) is 23.8 Å². The van der Waals surface area contributed by atoms with Gasteiger partial charge in [0.05, 0.1) is 43.9 Å². The van der Waals surface area contributed by atoms with Crippen LogP contribution >= 0.6 is 0 Å². The Hall–Kier alpha value is -5.20. The second-order valence-corrected chi connectivity index (χ2v) is 12.2. The van der Waals surface area contributed by atoms with Crippen LogP contribution < -0.4 is 15.0 Å². The van der Waals surface area contributed by atoms with Gasteiger partial charge in [0.2, 0.25) is 5.95 Å². The number of imidazole rings is 1. The molecular weight excluding hydrogens is 622 g/mol. The average molecular weight is 657 g/mol. The lowest BCUT2D eigenvalue weighted by atomic mass is 10.0. The van der Waals surface area contributed by atoms with Crippen LogP contribution in [0.1, 0.15) is 29.4 Å². The number of aromatic nitrogens is 5. The fraction of sp³-hybridized carbons (Fsp3) is 0.394. The van der Waals surface area contributed by atoms with Crippen LogP contribution in [0, 0.1) is 11.3 Å². The van der Waals surface area contributed by atoms with Crippen LogP contribution in [-0.4, -0.2) is 111 Å². The molecule has 0 radical (unpaired) electrons. The third-order valence-electron chi connectivity index (χ3n) is 9.00. The van der Waals surface area contributed by atoms with Gasteiger partial charge in [-0.15, -0.1) is 0 Å². The summed E-state index contributed by atoms with van der Waals surface area (Å²) in [7, 11) is 0. The Morgan fingerprint density at radius 3 is 2.67 bits per heavy atom. The molecule has 7 rings (SSSR count). The van der Waals surface area contributed by atoms with Gasteiger partial charge in [0.15, 0.2) is 11.9 Å². The van der Waals surface area contributed by atoms with E-state index in [-0.39, 0.29) is 30.0 Å². The van der Waals surface area contributed by atoms with Crippen molar-refractivity contribution in [3.63, 3.8) is 0 Å². The van der Waals surface area contributed by atoms with E-state index in [1.54, 1.807) is 6.07 Å². The number of hydrogen-bond donors (Lipinski definition) is 2. The van der Waals surface area contributed by atoms with Crippen molar-refractivity contribution in [2.75, 3.05) is 56.2 Å². The number of aromatic amines is 1. The van der Waals surface area contributed by atoms with Gasteiger partial charge in [-0.25, -0.2) is 23.7 Å². The number of ether oxygens (including phenoxy) is 2. The lowest BCUT2D eigenvalue weighted by Crippen LogP contribution is -2.59. The fourth-order valence-electron chi connectivity index (χ4n) is 6.29. The van der Waals surface area contributed by atoms with Crippen molar-refractivity contribution in [2.24, 2.45) is 0 Å². The third kappa shape index (κ3) is 6.49.